The third-order valence-corrected chi connectivity index (χ3v) is 3.12. The summed E-state index contributed by atoms with van der Waals surface area (Å²) in [5.74, 6) is 6.56. The second kappa shape index (κ2) is 7.30. The van der Waals surface area contributed by atoms with E-state index in [9.17, 15) is 0 Å². The van der Waals surface area contributed by atoms with Gasteiger partial charge in [0.25, 0.3) is 0 Å². The van der Waals surface area contributed by atoms with Gasteiger partial charge in [0.1, 0.15) is 5.75 Å². The molecule has 0 radical (unpaired) electrons. The van der Waals surface area contributed by atoms with Crippen LogP contribution < -0.4 is 16.0 Å². The molecular weight excluding hydrogens is 212 g/mol. The van der Waals surface area contributed by atoms with E-state index in [0.717, 1.165) is 17.7 Å². The Kier molecular flexibility index (Phi) is 6.01. The SMILES string of the molecule is CCCCCC(NN)c1ccc(OC)c(C)c1. The van der Waals surface area contributed by atoms with Crippen molar-refractivity contribution in [2.45, 2.75) is 45.6 Å². The van der Waals surface area contributed by atoms with Crippen LogP contribution in [0.25, 0.3) is 0 Å². The van der Waals surface area contributed by atoms with Gasteiger partial charge in [-0.25, -0.2) is 0 Å². The largest absolute Gasteiger partial charge is 0.496 e. The number of unbranched alkanes of at least 4 members (excludes halogenated alkanes) is 2. The van der Waals surface area contributed by atoms with Gasteiger partial charge in [-0.15, -0.1) is 0 Å². The fourth-order valence-corrected chi connectivity index (χ4v) is 2.06. The Morgan fingerprint density at radius 1 is 1.35 bits per heavy atom. The van der Waals surface area contributed by atoms with Crippen LogP contribution in [0.2, 0.25) is 0 Å². The summed E-state index contributed by atoms with van der Waals surface area (Å²) in [5.41, 5.74) is 5.29. The number of methoxy groups -OCH3 is 1. The van der Waals surface area contributed by atoms with Gasteiger partial charge in [-0.1, -0.05) is 38.3 Å². The predicted octanol–water partition coefficient (Wildman–Crippen LogP) is 3.09. The monoisotopic (exact) mass is 236 g/mol. The van der Waals surface area contributed by atoms with Crippen LogP contribution in [-0.4, -0.2) is 7.11 Å². The normalized spacial score (nSPS) is 12.5. The third-order valence-electron chi connectivity index (χ3n) is 3.12. The third kappa shape index (κ3) is 4.02. The average Bonchev–Trinajstić information content (AvgIpc) is 2.35. The number of nitrogens with two attached hydrogens (primary N) is 1. The zero-order valence-corrected chi connectivity index (χ0v) is 11.1. The molecule has 1 atom stereocenters. The molecule has 0 aliphatic rings. The molecule has 1 rings (SSSR count). The quantitative estimate of drug-likeness (QED) is 0.434. The van der Waals surface area contributed by atoms with E-state index < -0.39 is 0 Å². The predicted molar refractivity (Wildman–Crippen MR) is 71.9 cm³/mol. The van der Waals surface area contributed by atoms with Crippen LogP contribution in [0.1, 0.15) is 49.8 Å². The van der Waals surface area contributed by atoms with Gasteiger partial charge in [0.05, 0.1) is 7.11 Å². The summed E-state index contributed by atoms with van der Waals surface area (Å²) in [6.07, 6.45) is 4.78. The lowest BCUT2D eigenvalue weighted by atomic mass is 9.99. The highest BCUT2D eigenvalue weighted by molar-refractivity contribution is 5.37. The highest BCUT2D eigenvalue weighted by Gasteiger charge is 2.10. The summed E-state index contributed by atoms with van der Waals surface area (Å²) in [5, 5.41) is 0. The topological polar surface area (TPSA) is 47.3 Å². The number of ether oxygens (including phenoxy) is 1. The van der Waals surface area contributed by atoms with Gasteiger partial charge in [-0.2, -0.15) is 0 Å². The Labute approximate surface area is 104 Å². The molecule has 0 saturated heterocycles. The summed E-state index contributed by atoms with van der Waals surface area (Å²) in [4.78, 5) is 0. The molecule has 0 aromatic heterocycles. The van der Waals surface area contributed by atoms with Crippen LogP contribution >= 0.6 is 0 Å². The van der Waals surface area contributed by atoms with E-state index in [1.165, 1.54) is 24.8 Å². The van der Waals surface area contributed by atoms with Crippen molar-refractivity contribution in [2.75, 3.05) is 7.11 Å². The summed E-state index contributed by atoms with van der Waals surface area (Å²) < 4.78 is 5.26. The molecular formula is C14H24N2O. The number of nitrogens with one attached hydrogen (secondary N) is 1. The number of hydrogen-bond acceptors (Lipinski definition) is 3. The van der Waals surface area contributed by atoms with Crippen molar-refractivity contribution in [2.24, 2.45) is 5.84 Å². The van der Waals surface area contributed by atoms with Crippen LogP contribution in [-0.2, 0) is 0 Å². The fraction of sp³-hybridized carbons (Fsp3) is 0.571. The molecule has 0 aliphatic heterocycles. The minimum atomic E-state index is 0.242. The summed E-state index contributed by atoms with van der Waals surface area (Å²) >= 11 is 0. The van der Waals surface area contributed by atoms with Crippen LogP contribution in [0.4, 0.5) is 0 Å². The minimum Gasteiger partial charge on any atom is -0.496 e. The first-order valence-electron chi connectivity index (χ1n) is 6.33. The van der Waals surface area contributed by atoms with Crippen LogP contribution in [0.5, 0.6) is 5.75 Å². The van der Waals surface area contributed by atoms with Crippen molar-refractivity contribution in [1.29, 1.82) is 0 Å². The number of hydrazine groups is 1. The molecule has 1 aromatic carbocycles. The second-order valence-electron chi connectivity index (χ2n) is 4.44. The van der Waals surface area contributed by atoms with Gasteiger partial charge in [0, 0.05) is 6.04 Å². The molecule has 0 aliphatic carbocycles. The van der Waals surface area contributed by atoms with E-state index in [0.29, 0.717) is 0 Å². The molecule has 3 heteroatoms. The van der Waals surface area contributed by atoms with Crippen molar-refractivity contribution in [1.82, 2.24) is 5.43 Å². The van der Waals surface area contributed by atoms with E-state index in [1.807, 2.05) is 6.07 Å². The summed E-state index contributed by atoms with van der Waals surface area (Å²) in [6, 6.07) is 6.48. The first kappa shape index (κ1) is 14.0. The van der Waals surface area contributed by atoms with Crippen LogP contribution in [0.3, 0.4) is 0 Å². The maximum atomic E-state index is 5.63. The van der Waals surface area contributed by atoms with Gasteiger partial charge in [-0.05, 0) is 30.5 Å². The Morgan fingerprint density at radius 3 is 2.65 bits per heavy atom. The lowest BCUT2D eigenvalue weighted by molar-refractivity contribution is 0.410. The second-order valence-corrected chi connectivity index (χ2v) is 4.44. The molecule has 1 unspecified atom stereocenters. The molecule has 0 heterocycles. The van der Waals surface area contributed by atoms with Gasteiger partial charge >= 0.3 is 0 Å². The standard InChI is InChI=1S/C14H24N2O/c1-4-5-6-7-13(16-15)12-8-9-14(17-3)11(2)10-12/h8-10,13,16H,4-7,15H2,1-3H3. The molecule has 0 spiro atoms. The molecule has 96 valence electrons. The van der Waals surface area contributed by atoms with E-state index in [2.05, 4.69) is 31.4 Å². The summed E-state index contributed by atoms with van der Waals surface area (Å²) in [7, 11) is 1.70. The maximum Gasteiger partial charge on any atom is 0.121 e. The Hall–Kier alpha value is -1.06. The van der Waals surface area contributed by atoms with E-state index in [4.69, 9.17) is 10.6 Å². The molecule has 0 fully saturated rings. The first-order chi connectivity index (χ1) is 8.22. The zero-order valence-electron chi connectivity index (χ0n) is 11.1. The highest BCUT2D eigenvalue weighted by atomic mass is 16.5. The minimum absolute atomic E-state index is 0.242. The maximum absolute atomic E-state index is 5.63. The van der Waals surface area contributed by atoms with Gasteiger partial charge < -0.3 is 4.74 Å². The van der Waals surface area contributed by atoms with E-state index >= 15 is 0 Å². The molecule has 0 bridgehead atoms. The molecule has 3 N–H and O–H groups in total. The lowest BCUT2D eigenvalue weighted by Crippen LogP contribution is -2.28. The fourth-order valence-electron chi connectivity index (χ4n) is 2.06. The van der Waals surface area contributed by atoms with Crippen molar-refractivity contribution in [3.8, 4) is 5.75 Å². The van der Waals surface area contributed by atoms with E-state index in [1.54, 1.807) is 7.11 Å². The van der Waals surface area contributed by atoms with Gasteiger partial charge in [-0.3, -0.25) is 11.3 Å². The number of rotatable bonds is 7. The van der Waals surface area contributed by atoms with Gasteiger partial charge in [0.15, 0.2) is 0 Å². The zero-order chi connectivity index (χ0) is 12.7. The van der Waals surface area contributed by atoms with Crippen LogP contribution in [0.15, 0.2) is 18.2 Å². The number of hydrogen-bond donors (Lipinski definition) is 2. The van der Waals surface area contributed by atoms with Crippen molar-refractivity contribution < 1.29 is 4.74 Å². The van der Waals surface area contributed by atoms with Crippen LogP contribution in [0, 0.1) is 6.92 Å². The Bertz CT molecular complexity index is 339. The Morgan fingerprint density at radius 2 is 2.12 bits per heavy atom. The number of benzene rings is 1. The average molecular weight is 236 g/mol. The first-order valence-corrected chi connectivity index (χ1v) is 6.33. The Balaban J connectivity index is 2.71. The number of aryl methyl sites for hydroxylation is 1. The molecule has 1 aromatic rings. The van der Waals surface area contributed by atoms with Crippen molar-refractivity contribution in [3.63, 3.8) is 0 Å². The highest BCUT2D eigenvalue weighted by Crippen LogP contribution is 2.25. The molecule has 3 nitrogen and oxygen atoms in total. The lowest BCUT2D eigenvalue weighted by Gasteiger charge is -2.17. The molecule has 0 amide bonds. The van der Waals surface area contributed by atoms with Crippen molar-refractivity contribution >= 4 is 0 Å². The smallest absolute Gasteiger partial charge is 0.121 e. The summed E-state index contributed by atoms with van der Waals surface area (Å²) in [6.45, 7) is 4.27. The molecule has 0 saturated carbocycles. The van der Waals surface area contributed by atoms with E-state index in [-0.39, 0.29) is 6.04 Å². The molecule has 17 heavy (non-hydrogen) atoms. The van der Waals surface area contributed by atoms with Crippen molar-refractivity contribution in [3.05, 3.63) is 29.3 Å². The van der Waals surface area contributed by atoms with Gasteiger partial charge in [0.2, 0.25) is 0 Å².